The van der Waals surface area contributed by atoms with Gasteiger partial charge in [-0.1, -0.05) is 15.9 Å². The number of ketones is 2. The van der Waals surface area contributed by atoms with Crippen LogP contribution in [0, 0.1) is 13.8 Å². The Hall–Kier alpha value is -2.82. The highest BCUT2D eigenvalue weighted by atomic mass is 79.9. The number of ether oxygens (including phenoxy) is 2. The van der Waals surface area contributed by atoms with E-state index in [1.54, 1.807) is 13.8 Å². The first-order valence-electron chi connectivity index (χ1n) is 7.37. The van der Waals surface area contributed by atoms with Crippen LogP contribution in [-0.4, -0.2) is 53.0 Å². The third kappa shape index (κ3) is 5.58. The van der Waals surface area contributed by atoms with E-state index in [-0.39, 0.29) is 51.6 Å². The van der Waals surface area contributed by atoms with Crippen LogP contribution in [0.25, 0.3) is 0 Å². The van der Waals surface area contributed by atoms with Gasteiger partial charge in [0.05, 0.1) is 19.5 Å². The molecule has 0 amide bonds. The van der Waals surface area contributed by atoms with Gasteiger partial charge in [-0.25, -0.2) is 9.59 Å². The van der Waals surface area contributed by atoms with Crippen LogP contribution in [0.4, 0.5) is 0 Å². The molecule has 27 heavy (non-hydrogen) atoms. The predicted octanol–water partition coefficient (Wildman–Crippen LogP) is 2.32. The van der Waals surface area contributed by atoms with Crippen molar-refractivity contribution in [3.63, 3.8) is 0 Å². The lowest BCUT2D eigenvalue weighted by Gasteiger charge is -1.91. The van der Waals surface area contributed by atoms with E-state index in [2.05, 4.69) is 35.4 Å². The Bertz CT molecular complexity index is 868. The van der Waals surface area contributed by atoms with Crippen molar-refractivity contribution >= 4 is 39.4 Å². The van der Waals surface area contributed by atoms with Crippen molar-refractivity contribution in [1.82, 2.24) is 9.97 Å². The fourth-order valence-electron chi connectivity index (χ4n) is 1.69. The monoisotopic (exact) mass is 444 g/mol. The Kier molecular flexibility index (Phi) is 8.03. The van der Waals surface area contributed by atoms with Gasteiger partial charge in [-0.2, -0.15) is 9.97 Å². The largest absolute Gasteiger partial charge is 0.464 e. The lowest BCUT2D eigenvalue weighted by Crippen LogP contribution is -2.05. The van der Waals surface area contributed by atoms with E-state index in [4.69, 9.17) is 8.83 Å². The lowest BCUT2D eigenvalue weighted by atomic mass is 10.4. The zero-order valence-electron chi connectivity index (χ0n) is 15.2. The Morgan fingerprint density at radius 1 is 0.889 bits per heavy atom. The number of nitrogens with zero attached hydrogens (tertiary/aromatic N) is 2. The summed E-state index contributed by atoms with van der Waals surface area (Å²) < 4.78 is 18.8. The van der Waals surface area contributed by atoms with Crippen molar-refractivity contribution in [1.29, 1.82) is 0 Å². The molecule has 0 bridgehead atoms. The summed E-state index contributed by atoms with van der Waals surface area (Å²) in [5, 5.41) is 0.105. The van der Waals surface area contributed by atoms with Crippen molar-refractivity contribution in [2.45, 2.75) is 20.8 Å². The fourth-order valence-corrected chi connectivity index (χ4v) is 1.93. The summed E-state index contributed by atoms with van der Waals surface area (Å²) in [6.45, 7) is 4.41. The number of Topliss-reactive ketones (excluding diaryl/α,β-unsaturated/α-hetero) is 2. The van der Waals surface area contributed by atoms with Crippen LogP contribution in [-0.2, 0) is 9.47 Å². The van der Waals surface area contributed by atoms with Gasteiger partial charge in [0.1, 0.15) is 11.5 Å². The van der Waals surface area contributed by atoms with Gasteiger partial charge in [0.2, 0.25) is 11.6 Å². The molecule has 0 radical (unpaired) electrons. The lowest BCUT2D eigenvalue weighted by molar-refractivity contribution is 0.0583. The molecule has 0 aliphatic carbocycles. The maximum absolute atomic E-state index is 11.1. The van der Waals surface area contributed by atoms with Gasteiger partial charge >= 0.3 is 11.9 Å². The van der Waals surface area contributed by atoms with E-state index < -0.39 is 11.9 Å². The molecule has 0 aliphatic rings. The van der Waals surface area contributed by atoms with Gasteiger partial charge in [0, 0.05) is 6.92 Å². The molecule has 2 aromatic heterocycles. The zero-order chi connectivity index (χ0) is 20.7. The molecule has 2 heterocycles. The molecule has 0 N–H and O–H groups in total. The fraction of sp³-hybridized carbons (Fsp3) is 0.375. The second kappa shape index (κ2) is 9.76. The number of oxazole rings is 2. The highest BCUT2D eigenvalue weighted by Gasteiger charge is 2.21. The SMILES string of the molecule is COC(=O)c1nc(C(=O)CBr)oc1C.COC(=O)c1nc(C(C)=O)oc1C. The van der Waals surface area contributed by atoms with Crippen molar-refractivity contribution in [2.24, 2.45) is 0 Å². The number of rotatable bonds is 5. The van der Waals surface area contributed by atoms with Crippen molar-refractivity contribution in [3.05, 3.63) is 34.7 Å². The topological polar surface area (TPSA) is 139 Å². The molecule has 2 rings (SSSR count). The van der Waals surface area contributed by atoms with Crippen LogP contribution in [0.5, 0.6) is 0 Å². The molecule has 0 saturated carbocycles. The summed E-state index contributed by atoms with van der Waals surface area (Å²) in [7, 11) is 2.48. The number of carbonyl (C=O) groups is 4. The van der Waals surface area contributed by atoms with Crippen LogP contribution in [0.1, 0.15) is 60.8 Å². The van der Waals surface area contributed by atoms with Gasteiger partial charge in [-0.15, -0.1) is 0 Å². The van der Waals surface area contributed by atoms with Crippen LogP contribution in [0.15, 0.2) is 8.83 Å². The summed E-state index contributed by atoms with van der Waals surface area (Å²) in [6.07, 6.45) is 0. The molecule has 11 heteroatoms. The number of alkyl halides is 1. The van der Waals surface area contributed by atoms with Gasteiger partial charge in [0.25, 0.3) is 11.8 Å². The smallest absolute Gasteiger partial charge is 0.360 e. The third-order valence-corrected chi connectivity index (χ3v) is 3.52. The number of aromatic nitrogens is 2. The summed E-state index contributed by atoms with van der Waals surface area (Å²) >= 11 is 2.97. The molecular formula is C16H17BrN2O8. The number of aryl methyl sites for hydroxylation is 2. The Balaban J connectivity index is 0.000000271. The van der Waals surface area contributed by atoms with E-state index in [1.807, 2.05) is 0 Å². The quantitative estimate of drug-likeness (QED) is 0.383. The van der Waals surface area contributed by atoms with Crippen molar-refractivity contribution in [2.75, 3.05) is 19.5 Å². The number of halogens is 1. The first kappa shape index (κ1) is 22.2. The summed E-state index contributed by atoms with van der Waals surface area (Å²) in [6, 6.07) is 0. The normalized spacial score (nSPS) is 9.85. The van der Waals surface area contributed by atoms with Gasteiger partial charge in [-0.3, -0.25) is 9.59 Å². The average molecular weight is 445 g/mol. The zero-order valence-corrected chi connectivity index (χ0v) is 16.8. The average Bonchev–Trinajstić information content (AvgIpc) is 3.23. The molecule has 10 nitrogen and oxygen atoms in total. The second-order valence-corrected chi connectivity index (χ2v) is 5.50. The first-order valence-corrected chi connectivity index (χ1v) is 8.49. The standard InChI is InChI=1S/C8H8BrNO4.C8H9NO4/c1-4-6(8(12)13-2)10-7(14-4)5(11)3-9;1-4(10)7-9-6(5(2)13-7)8(11)12-3/h3H2,1-2H3;1-3H3. The number of hydrogen-bond donors (Lipinski definition) is 0. The van der Waals surface area contributed by atoms with Gasteiger partial charge < -0.3 is 18.3 Å². The number of hydrogen-bond acceptors (Lipinski definition) is 10. The Labute approximate surface area is 162 Å². The van der Waals surface area contributed by atoms with E-state index >= 15 is 0 Å². The molecule has 0 fully saturated rings. The van der Waals surface area contributed by atoms with Crippen molar-refractivity contribution < 1.29 is 37.5 Å². The molecule has 0 atom stereocenters. The minimum absolute atomic E-state index is 0.0387. The summed E-state index contributed by atoms with van der Waals surface area (Å²) in [5.41, 5.74) is 0.0875. The summed E-state index contributed by atoms with van der Waals surface area (Å²) in [4.78, 5) is 51.5. The van der Waals surface area contributed by atoms with Crippen molar-refractivity contribution in [3.8, 4) is 0 Å². The van der Waals surface area contributed by atoms with Crippen LogP contribution < -0.4 is 0 Å². The van der Waals surface area contributed by atoms with E-state index in [0.717, 1.165) is 0 Å². The maximum Gasteiger partial charge on any atom is 0.360 e. The molecule has 2 aromatic rings. The molecule has 0 spiro atoms. The minimum Gasteiger partial charge on any atom is -0.464 e. The van der Waals surface area contributed by atoms with Crippen LogP contribution in [0.2, 0.25) is 0 Å². The highest BCUT2D eigenvalue weighted by Crippen LogP contribution is 2.12. The second-order valence-electron chi connectivity index (χ2n) is 4.94. The molecule has 0 aliphatic heterocycles. The highest BCUT2D eigenvalue weighted by molar-refractivity contribution is 9.09. The van der Waals surface area contributed by atoms with Gasteiger partial charge in [-0.05, 0) is 13.8 Å². The Morgan fingerprint density at radius 2 is 1.30 bits per heavy atom. The molecule has 0 saturated heterocycles. The third-order valence-electron chi connectivity index (χ3n) is 3.01. The van der Waals surface area contributed by atoms with E-state index in [9.17, 15) is 19.2 Å². The summed E-state index contributed by atoms with van der Waals surface area (Å²) in [5.74, 6) is -1.44. The molecular weight excluding hydrogens is 428 g/mol. The molecule has 0 unspecified atom stereocenters. The van der Waals surface area contributed by atoms with Gasteiger partial charge in [0.15, 0.2) is 11.4 Å². The van der Waals surface area contributed by atoms with Crippen LogP contribution >= 0.6 is 15.9 Å². The molecule has 0 aromatic carbocycles. The van der Waals surface area contributed by atoms with E-state index in [0.29, 0.717) is 0 Å². The minimum atomic E-state index is -0.611. The predicted molar refractivity (Wildman–Crippen MR) is 93.3 cm³/mol. The first-order chi connectivity index (χ1) is 12.7. The number of carbonyl (C=O) groups excluding carboxylic acids is 4. The van der Waals surface area contributed by atoms with Crippen LogP contribution in [0.3, 0.4) is 0 Å². The Morgan fingerprint density at radius 3 is 1.63 bits per heavy atom. The number of esters is 2. The number of methoxy groups -OCH3 is 2. The van der Waals surface area contributed by atoms with E-state index in [1.165, 1.54) is 21.1 Å². The maximum atomic E-state index is 11.1. The molecule has 146 valence electrons.